The van der Waals surface area contributed by atoms with Crippen LogP contribution in [0.2, 0.25) is 0 Å². The number of nitrogens with one attached hydrogen (secondary N) is 1. The van der Waals surface area contributed by atoms with Crippen LogP contribution in [0.4, 0.5) is 0 Å². The molecule has 0 aromatic carbocycles. The van der Waals surface area contributed by atoms with E-state index < -0.39 is 0 Å². The van der Waals surface area contributed by atoms with Gasteiger partial charge in [-0.15, -0.1) is 12.4 Å². The van der Waals surface area contributed by atoms with Crippen LogP contribution in [0.3, 0.4) is 0 Å². The number of methoxy groups -OCH3 is 1. The van der Waals surface area contributed by atoms with E-state index in [0.717, 1.165) is 25.9 Å². The third-order valence-electron chi connectivity index (χ3n) is 3.36. The van der Waals surface area contributed by atoms with Crippen molar-refractivity contribution in [3.05, 3.63) is 0 Å². The fourth-order valence-electron chi connectivity index (χ4n) is 2.38. The molecule has 6 heteroatoms. The Kier molecular flexibility index (Phi) is 9.59. The van der Waals surface area contributed by atoms with Gasteiger partial charge >= 0.3 is 5.97 Å². The van der Waals surface area contributed by atoms with Crippen molar-refractivity contribution in [2.45, 2.75) is 33.1 Å². The van der Waals surface area contributed by atoms with Crippen molar-refractivity contribution in [2.75, 3.05) is 33.3 Å². The predicted octanol–water partition coefficient (Wildman–Crippen LogP) is 1.46. The van der Waals surface area contributed by atoms with Crippen molar-refractivity contribution < 1.29 is 14.3 Å². The third kappa shape index (κ3) is 6.57. The summed E-state index contributed by atoms with van der Waals surface area (Å²) < 4.78 is 4.64. The van der Waals surface area contributed by atoms with Crippen LogP contribution in [-0.4, -0.2) is 50.1 Å². The van der Waals surface area contributed by atoms with Crippen LogP contribution < -0.4 is 5.32 Å². The molecule has 20 heavy (non-hydrogen) atoms. The van der Waals surface area contributed by atoms with Gasteiger partial charge in [0.25, 0.3) is 0 Å². The third-order valence-corrected chi connectivity index (χ3v) is 3.36. The Bertz CT molecular complexity index is 305. The van der Waals surface area contributed by atoms with Crippen LogP contribution in [0, 0.1) is 11.8 Å². The van der Waals surface area contributed by atoms with E-state index in [-0.39, 0.29) is 36.6 Å². The van der Waals surface area contributed by atoms with Crippen LogP contribution in [0.1, 0.15) is 33.1 Å². The van der Waals surface area contributed by atoms with E-state index in [1.54, 1.807) is 0 Å². The van der Waals surface area contributed by atoms with Crippen molar-refractivity contribution in [1.29, 1.82) is 0 Å². The highest BCUT2D eigenvalue weighted by Gasteiger charge is 2.26. The highest BCUT2D eigenvalue weighted by molar-refractivity contribution is 5.85. The Labute approximate surface area is 127 Å². The maximum Gasteiger partial charge on any atom is 0.307 e. The van der Waals surface area contributed by atoms with Crippen LogP contribution in [0.15, 0.2) is 0 Å². The molecule has 1 saturated heterocycles. The van der Waals surface area contributed by atoms with Crippen LogP contribution in [0.5, 0.6) is 0 Å². The first kappa shape index (κ1) is 19.2. The summed E-state index contributed by atoms with van der Waals surface area (Å²) in [4.78, 5) is 25.5. The minimum absolute atomic E-state index is 0. The van der Waals surface area contributed by atoms with Crippen molar-refractivity contribution in [1.82, 2.24) is 10.2 Å². The highest BCUT2D eigenvalue weighted by Crippen LogP contribution is 2.15. The predicted molar refractivity (Wildman–Crippen MR) is 80.9 cm³/mol. The summed E-state index contributed by atoms with van der Waals surface area (Å²) in [6.07, 6.45) is 2.26. The number of carbonyl (C=O) groups excluding carboxylic acids is 2. The number of hydrogen-bond acceptors (Lipinski definition) is 4. The van der Waals surface area contributed by atoms with Gasteiger partial charge in [-0.25, -0.2) is 0 Å². The zero-order chi connectivity index (χ0) is 14.3. The topological polar surface area (TPSA) is 58.6 Å². The molecular formula is C14H27ClN2O3. The lowest BCUT2D eigenvalue weighted by Gasteiger charge is -2.30. The van der Waals surface area contributed by atoms with E-state index in [1.165, 1.54) is 7.11 Å². The molecule has 0 radical (unpaired) electrons. The van der Waals surface area contributed by atoms with Crippen LogP contribution in [-0.2, 0) is 14.3 Å². The lowest BCUT2D eigenvalue weighted by Crippen LogP contribution is -2.45. The van der Waals surface area contributed by atoms with Crippen molar-refractivity contribution in [2.24, 2.45) is 11.8 Å². The van der Waals surface area contributed by atoms with Gasteiger partial charge in [-0.3, -0.25) is 9.59 Å². The van der Waals surface area contributed by atoms with E-state index in [1.807, 2.05) is 4.90 Å². The van der Waals surface area contributed by atoms with Gasteiger partial charge in [0.05, 0.1) is 19.4 Å². The normalized spacial score (nSPS) is 18.3. The van der Waals surface area contributed by atoms with Crippen LogP contribution in [0.25, 0.3) is 0 Å². The minimum atomic E-state index is -0.261. The first-order chi connectivity index (χ1) is 9.04. The van der Waals surface area contributed by atoms with Crippen LogP contribution >= 0.6 is 12.4 Å². The number of carbonyl (C=O) groups is 2. The van der Waals surface area contributed by atoms with Crippen molar-refractivity contribution in [3.63, 3.8) is 0 Å². The molecule has 1 N–H and O–H groups in total. The lowest BCUT2D eigenvalue weighted by molar-refractivity contribution is -0.142. The number of halogens is 1. The molecule has 1 heterocycles. The summed E-state index contributed by atoms with van der Waals surface area (Å²) in [5.41, 5.74) is 0. The number of piperidine rings is 1. The molecule has 0 aliphatic carbocycles. The highest BCUT2D eigenvalue weighted by atomic mass is 35.5. The molecule has 5 nitrogen and oxygen atoms in total. The van der Waals surface area contributed by atoms with Gasteiger partial charge in [-0.2, -0.15) is 0 Å². The zero-order valence-corrected chi connectivity index (χ0v) is 13.5. The molecule has 1 atom stereocenters. The monoisotopic (exact) mass is 306 g/mol. The average molecular weight is 307 g/mol. The molecule has 0 unspecified atom stereocenters. The standard InChI is InChI=1S/C14H26N2O3.ClH/c1-11(2)10-16(8-6-13(17)19-3)14(18)12-5-4-7-15-9-12;/h11-12,15H,4-10H2,1-3H3;1H/t12-;/m1./s1. The van der Waals surface area contributed by atoms with E-state index in [2.05, 4.69) is 23.9 Å². The summed E-state index contributed by atoms with van der Waals surface area (Å²) in [5.74, 6) is 0.372. The molecule has 0 aromatic rings. The maximum atomic E-state index is 12.5. The van der Waals surface area contributed by atoms with E-state index in [0.29, 0.717) is 19.0 Å². The summed E-state index contributed by atoms with van der Waals surface area (Å²) in [5, 5.41) is 3.26. The molecular weight excluding hydrogens is 280 g/mol. The molecule has 0 spiro atoms. The summed E-state index contributed by atoms with van der Waals surface area (Å²) in [6.45, 7) is 7.07. The van der Waals surface area contributed by atoms with Gasteiger partial charge in [0.1, 0.15) is 0 Å². The van der Waals surface area contributed by atoms with E-state index in [9.17, 15) is 9.59 Å². The summed E-state index contributed by atoms with van der Waals surface area (Å²) >= 11 is 0. The largest absolute Gasteiger partial charge is 0.469 e. The second-order valence-corrected chi connectivity index (χ2v) is 5.55. The molecule has 1 rings (SSSR count). The van der Waals surface area contributed by atoms with E-state index in [4.69, 9.17) is 0 Å². The SMILES string of the molecule is COC(=O)CCN(CC(C)C)C(=O)[C@@H]1CCCNC1.Cl. The maximum absolute atomic E-state index is 12.5. The zero-order valence-electron chi connectivity index (χ0n) is 12.7. The number of ether oxygens (including phenoxy) is 1. The van der Waals surface area contributed by atoms with Gasteiger partial charge in [0.2, 0.25) is 5.91 Å². The minimum Gasteiger partial charge on any atom is -0.469 e. The van der Waals surface area contributed by atoms with Gasteiger partial charge in [0, 0.05) is 19.6 Å². The van der Waals surface area contributed by atoms with Crippen molar-refractivity contribution in [3.8, 4) is 0 Å². The molecule has 1 fully saturated rings. The molecule has 1 aliphatic heterocycles. The molecule has 1 amide bonds. The second-order valence-electron chi connectivity index (χ2n) is 5.55. The fraction of sp³-hybridized carbons (Fsp3) is 0.857. The van der Waals surface area contributed by atoms with Gasteiger partial charge in [-0.05, 0) is 25.3 Å². The molecule has 118 valence electrons. The molecule has 0 aromatic heterocycles. The summed E-state index contributed by atoms with van der Waals surface area (Å²) in [6, 6.07) is 0. The Balaban J connectivity index is 0.00000361. The number of nitrogens with zero attached hydrogens (tertiary/aromatic N) is 1. The molecule has 0 saturated carbocycles. The number of amides is 1. The molecule has 0 bridgehead atoms. The second kappa shape index (κ2) is 10.00. The summed E-state index contributed by atoms with van der Waals surface area (Å²) in [7, 11) is 1.38. The van der Waals surface area contributed by atoms with Gasteiger partial charge < -0.3 is 15.0 Å². The first-order valence-corrected chi connectivity index (χ1v) is 7.11. The van der Waals surface area contributed by atoms with Gasteiger partial charge in [0.15, 0.2) is 0 Å². The fourth-order valence-corrected chi connectivity index (χ4v) is 2.38. The smallest absolute Gasteiger partial charge is 0.307 e. The number of hydrogen-bond donors (Lipinski definition) is 1. The quantitative estimate of drug-likeness (QED) is 0.755. The molecule has 1 aliphatic rings. The van der Waals surface area contributed by atoms with Gasteiger partial charge in [-0.1, -0.05) is 13.8 Å². The number of esters is 1. The Morgan fingerprint density at radius 1 is 1.40 bits per heavy atom. The Morgan fingerprint density at radius 2 is 2.10 bits per heavy atom. The Hall–Kier alpha value is -0.810. The van der Waals surface area contributed by atoms with E-state index >= 15 is 0 Å². The number of rotatable bonds is 6. The van der Waals surface area contributed by atoms with Crippen molar-refractivity contribution >= 4 is 24.3 Å². The Morgan fingerprint density at radius 3 is 2.60 bits per heavy atom. The first-order valence-electron chi connectivity index (χ1n) is 7.11. The average Bonchev–Trinajstić information content (AvgIpc) is 2.42. The lowest BCUT2D eigenvalue weighted by atomic mass is 9.97.